The topological polar surface area (TPSA) is 57.3 Å². The van der Waals surface area contributed by atoms with Crippen LogP contribution in [0.2, 0.25) is 0 Å². The first-order valence-corrected chi connectivity index (χ1v) is 9.08. The van der Waals surface area contributed by atoms with Crippen LogP contribution < -0.4 is 15.5 Å². The van der Waals surface area contributed by atoms with Gasteiger partial charge in [0.15, 0.2) is 0 Å². The Bertz CT molecular complexity index is 729. The predicted molar refractivity (Wildman–Crippen MR) is 98.7 cm³/mol. The number of benzene rings is 1. The number of nitrogens with one attached hydrogen (secondary N) is 2. The van der Waals surface area contributed by atoms with Crippen molar-refractivity contribution in [2.24, 2.45) is 5.92 Å². The number of rotatable bonds is 5. The Kier molecular flexibility index (Phi) is 4.65. The normalized spacial score (nSPS) is 20.3. The maximum Gasteiger partial charge on any atom is 0.269 e. The van der Waals surface area contributed by atoms with E-state index in [0.29, 0.717) is 11.6 Å². The Morgan fingerprint density at radius 3 is 2.80 bits per heavy atom. The molecule has 2 heterocycles. The molecule has 0 bridgehead atoms. The van der Waals surface area contributed by atoms with Gasteiger partial charge in [-0.3, -0.25) is 4.79 Å². The van der Waals surface area contributed by atoms with Crippen molar-refractivity contribution in [3.05, 3.63) is 59.8 Å². The lowest BCUT2D eigenvalue weighted by Gasteiger charge is -2.34. The molecule has 1 amide bonds. The first-order valence-electron chi connectivity index (χ1n) is 9.08. The summed E-state index contributed by atoms with van der Waals surface area (Å²) < 4.78 is 0. The third-order valence-corrected chi connectivity index (χ3v) is 4.92. The highest BCUT2D eigenvalue weighted by atomic mass is 16.1. The van der Waals surface area contributed by atoms with Crippen molar-refractivity contribution in [2.75, 3.05) is 31.1 Å². The third-order valence-electron chi connectivity index (χ3n) is 4.92. The zero-order chi connectivity index (χ0) is 17.1. The lowest BCUT2D eigenvalue weighted by atomic mass is 10.0. The molecule has 2 fully saturated rings. The van der Waals surface area contributed by atoms with Crippen molar-refractivity contribution in [3.8, 4) is 0 Å². The molecule has 5 nitrogen and oxygen atoms in total. The largest absolute Gasteiger partial charge is 0.353 e. The monoisotopic (exact) mass is 336 g/mol. The van der Waals surface area contributed by atoms with Crippen LogP contribution in [0.15, 0.2) is 48.5 Å². The van der Waals surface area contributed by atoms with Gasteiger partial charge < -0.3 is 15.5 Å². The minimum atomic E-state index is -0.0662. The number of hydrogen-bond acceptors (Lipinski definition) is 4. The lowest BCUT2D eigenvalue weighted by molar-refractivity contribution is 0.0947. The summed E-state index contributed by atoms with van der Waals surface area (Å²) in [5, 5.41) is 6.56. The lowest BCUT2D eigenvalue weighted by Crippen LogP contribution is -2.46. The molecule has 0 spiro atoms. The summed E-state index contributed by atoms with van der Waals surface area (Å²) in [5.74, 6) is 1.48. The van der Waals surface area contributed by atoms with E-state index in [1.807, 2.05) is 18.2 Å². The van der Waals surface area contributed by atoms with E-state index < -0.39 is 0 Å². The minimum absolute atomic E-state index is 0.0662. The van der Waals surface area contributed by atoms with E-state index in [1.54, 1.807) is 6.07 Å². The Morgan fingerprint density at radius 1 is 1.16 bits per heavy atom. The molecule has 1 saturated heterocycles. The molecule has 1 aromatic heterocycles. The average molecular weight is 336 g/mol. The number of carbonyl (C=O) groups excluding carboxylic acids is 1. The van der Waals surface area contributed by atoms with Gasteiger partial charge in [0.2, 0.25) is 0 Å². The maximum atomic E-state index is 12.3. The number of aromatic nitrogens is 1. The summed E-state index contributed by atoms with van der Waals surface area (Å²) >= 11 is 0. The molecule has 1 aromatic carbocycles. The number of carbonyl (C=O) groups is 1. The molecule has 1 atom stereocenters. The van der Waals surface area contributed by atoms with Crippen LogP contribution in [0.5, 0.6) is 0 Å². The molecular weight excluding hydrogens is 312 g/mol. The molecule has 2 N–H and O–H groups in total. The Balaban J connectivity index is 1.45. The first kappa shape index (κ1) is 16.1. The van der Waals surface area contributed by atoms with Crippen LogP contribution >= 0.6 is 0 Å². The van der Waals surface area contributed by atoms with Crippen LogP contribution in [0.25, 0.3) is 0 Å². The molecule has 1 aliphatic heterocycles. The van der Waals surface area contributed by atoms with Crippen molar-refractivity contribution < 1.29 is 4.79 Å². The van der Waals surface area contributed by atoms with Crippen LogP contribution in [0.3, 0.4) is 0 Å². The predicted octanol–water partition coefficient (Wildman–Crippen LogP) is 2.37. The van der Waals surface area contributed by atoms with Crippen molar-refractivity contribution in [1.29, 1.82) is 0 Å². The molecule has 25 heavy (non-hydrogen) atoms. The molecule has 5 heteroatoms. The second-order valence-electron chi connectivity index (χ2n) is 6.90. The zero-order valence-electron chi connectivity index (χ0n) is 14.3. The summed E-state index contributed by atoms with van der Waals surface area (Å²) in [7, 11) is 0. The van der Waals surface area contributed by atoms with Gasteiger partial charge in [0.25, 0.3) is 5.91 Å². The average Bonchev–Trinajstić information content (AvgIpc) is 3.51. The van der Waals surface area contributed by atoms with Crippen LogP contribution in [-0.2, 0) is 0 Å². The van der Waals surface area contributed by atoms with Crippen LogP contribution in [0, 0.1) is 5.92 Å². The fraction of sp³-hybridized carbons (Fsp3) is 0.400. The highest BCUT2D eigenvalue weighted by Crippen LogP contribution is 2.27. The maximum absolute atomic E-state index is 12.3. The Labute approximate surface area is 148 Å². The quantitative estimate of drug-likeness (QED) is 0.880. The van der Waals surface area contributed by atoms with Crippen molar-refractivity contribution in [2.45, 2.75) is 18.9 Å². The number of pyridine rings is 1. The van der Waals surface area contributed by atoms with Gasteiger partial charge in [-0.1, -0.05) is 36.4 Å². The number of hydrogen-bond donors (Lipinski definition) is 2. The number of amides is 1. The smallest absolute Gasteiger partial charge is 0.269 e. The van der Waals surface area contributed by atoms with E-state index in [2.05, 4.69) is 44.8 Å². The van der Waals surface area contributed by atoms with Crippen LogP contribution in [0.1, 0.15) is 34.9 Å². The highest BCUT2D eigenvalue weighted by molar-refractivity contribution is 5.92. The van der Waals surface area contributed by atoms with Gasteiger partial charge in [0.05, 0.1) is 0 Å². The standard InChI is InChI=1S/C20H24N4O/c25-20(22-13-15-9-10-15)17-7-4-8-19(23-17)24-12-11-21-18(14-24)16-5-2-1-3-6-16/h1-8,15,18,21H,9-14H2,(H,22,25)/t18-/m1/s1. The highest BCUT2D eigenvalue weighted by Gasteiger charge is 2.24. The fourth-order valence-electron chi connectivity index (χ4n) is 3.24. The van der Waals surface area contributed by atoms with Gasteiger partial charge in [-0.2, -0.15) is 0 Å². The van der Waals surface area contributed by atoms with Crippen LogP contribution in [-0.4, -0.2) is 37.1 Å². The van der Waals surface area contributed by atoms with Gasteiger partial charge >= 0.3 is 0 Å². The van der Waals surface area contributed by atoms with E-state index in [4.69, 9.17) is 0 Å². The summed E-state index contributed by atoms with van der Waals surface area (Å²) in [6, 6.07) is 16.5. The fourth-order valence-corrected chi connectivity index (χ4v) is 3.24. The molecule has 0 unspecified atom stereocenters. The second-order valence-corrected chi connectivity index (χ2v) is 6.90. The van der Waals surface area contributed by atoms with Gasteiger partial charge in [-0.15, -0.1) is 0 Å². The van der Waals surface area contributed by atoms with E-state index in [9.17, 15) is 4.79 Å². The first-order chi connectivity index (χ1) is 12.3. The Morgan fingerprint density at radius 2 is 2.00 bits per heavy atom. The van der Waals surface area contributed by atoms with Gasteiger partial charge in [0.1, 0.15) is 11.5 Å². The summed E-state index contributed by atoms with van der Waals surface area (Å²) in [6.45, 7) is 3.42. The van der Waals surface area contributed by atoms with Crippen molar-refractivity contribution in [1.82, 2.24) is 15.6 Å². The molecule has 1 aliphatic carbocycles. The van der Waals surface area contributed by atoms with E-state index in [0.717, 1.165) is 32.0 Å². The SMILES string of the molecule is O=C(NCC1CC1)c1cccc(N2CCN[C@@H](c3ccccc3)C2)n1. The van der Waals surface area contributed by atoms with E-state index >= 15 is 0 Å². The van der Waals surface area contributed by atoms with Gasteiger partial charge in [-0.05, 0) is 36.5 Å². The van der Waals surface area contributed by atoms with Crippen LogP contribution in [0.4, 0.5) is 5.82 Å². The summed E-state index contributed by atoms with van der Waals surface area (Å²) in [4.78, 5) is 19.2. The number of anilines is 1. The summed E-state index contributed by atoms with van der Waals surface area (Å²) in [6.07, 6.45) is 2.46. The molecule has 130 valence electrons. The zero-order valence-corrected chi connectivity index (χ0v) is 14.3. The van der Waals surface area contributed by atoms with Gasteiger partial charge in [0, 0.05) is 32.2 Å². The van der Waals surface area contributed by atoms with E-state index in [1.165, 1.54) is 18.4 Å². The number of piperazine rings is 1. The molecule has 0 radical (unpaired) electrons. The molecular formula is C20H24N4O. The molecule has 2 aromatic rings. The van der Waals surface area contributed by atoms with Gasteiger partial charge in [-0.25, -0.2) is 4.98 Å². The second kappa shape index (κ2) is 7.23. The third kappa shape index (κ3) is 3.99. The minimum Gasteiger partial charge on any atom is -0.353 e. The Hall–Kier alpha value is -2.40. The number of nitrogens with zero attached hydrogens (tertiary/aromatic N) is 2. The van der Waals surface area contributed by atoms with Crippen molar-refractivity contribution in [3.63, 3.8) is 0 Å². The summed E-state index contributed by atoms with van der Waals surface area (Å²) in [5.41, 5.74) is 1.79. The van der Waals surface area contributed by atoms with Crippen molar-refractivity contribution >= 4 is 11.7 Å². The molecule has 4 rings (SSSR count). The molecule has 2 aliphatic rings. The van der Waals surface area contributed by atoms with E-state index in [-0.39, 0.29) is 11.9 Å². The molecule has 1 saturated carbocycles.